The molecule has 1 unspecified atom stereocenters. The van der Waals surface area contributed by atoms with Gasteiger partial charge in [0.15, 0.2) is 0 Å². The van der Waals surface area contributed by atoms with Gasteiger partial charge in [-0.1, -0.05) is 68.2 Å². The first-order valence-electron chi connectivity index (χ1n) is 10.6. The van der Waals surface area contributed by atoms with Crippen molar-refractivity contribution in [1.29, 1.82) is 0 Å². The number of nitrogens with one attached hydrogen (secondary N) is 1. The largest absolute Gasteiger partial charge is 0.354 e. The Hall–Kier alpha value is -1.76. The Morgan fingerprint density at radius 2 is 1.75 bits per heavy atom. The first-order chi connectivity index (χ1) is 15.2. The average Bonchev–Trinajstić information content (AvgIpc) is 2.75. The average molecular weight is 499 g/mol. The number of thioether (sulfide) groups is 1. The van der Waals surface area contributed by atoms with Crippen LogP contribution >= 0.6 is 35.0 Å². The molecule has 174 valence electrons. The molecule has 0 saturated carbocycles. The van der Waals surface area contributed by atoms with Crippen molar-refractivity contribution in [3.8, 4) is 0 Å². The summed E-state index contributed by atoms with van der Waals surface area (Å²) in [6.07, 6.45) is 0.440. The molecule has 0 heterocycles. The van der Waals surface area contributed by atoms with Crippen LogP contribution in [0.5, 0.6) is 0 Å². The Morgan fingerprint density at radius 1 is 1.09 bits per heavy atom. The van der Waals surface area contributed by atoms with Crippen LogP contribution in [0.4, 0.5) is 4.39 Å². The van der Waals surface area contributed by atoms with Crippen molar-refractivity contribution in [2.75, 3.05) is 12.3 Å². The highest BCUT2D eigenvalue weighted by Crippen LogP contribution is 2.27. The number of rotatable bonds is 11. The van der Waals surface area contributed by atoms with Gasteiger partial charge in [-0.25, -0.2) is 4.39 Å². The minimum atomic E-state index is -0.664. The van der Waals surface area contributed by atoms with Gasteiger partial charge in [-0.15, -0.1) is 11.8 Å². The van der Waals surface area contributed by atoms with Crippen LogP contribution in [0.1, 0.15) is 38.3 Å². The molecule has 0 spiro atoms. The lowest BCUT2D eigenvalue weighted by molar-refractivity contribution is -0.139. The minimum absolute atomic E-state index is 0.102. The fourth-order valence-corrected chi connectivity index (χ4v) is 4.56. The predicted molar refractivity (Wildman–Crippen MR) is 132 cm³/mol. The van der Waals surface area contributed by atoms with E-state index in [0.717, 1.165) is 0 Å². The zero-order valence-corrected chi connectivity index (χ0v) is 20.9. The Labute approximate surface area is 203 Å². The highest BCUT2D eigenvalue weighted by molar-refractivity contribution is 7.99. The molecule has 0 aromatic heterocycles. The number of halogens is 3. The number of amides is 2. The van der Waals surface area contributed by atoms with Crippen LogP contribution in [0.25, 0.3) is 0 Å². The monoisotopic (exact) mass is 498 g/mol. The van der Waals surface area contributed by atoms with Gasteiger partial charge in [0, 0.05) is 34.5 Å². The van der Waals surface area contributed by atoms with E-state index in [1.54, 1.807) is 36.4 Å². The Kier molecular flexibility index (Phi) is 10.8. The molecular formula is C24H29Cl2FN2O2S. The topological polar surface area (TPSA) is 49.4 Å². The van der Waals surface area contributed by atoms with Crippen LogP contribution < -0.4 is 5.32 Å². The number of carbonyl (C=O) groups excluding carboxylic acids is 2. The summed E-state index contributed by atoms with van der Waals surface area (Å²) in [4.78, 5) is 27.7. The minimum Gasteiger partial charge on any atom is -0.354 e. The molecular weight excluding hydrogens is 470 g/mol. The van der Waals surface area contributed by atoms with E-state index in [-0.39, 0.29) is 35.8 Å². The third-order valence-electron chi connectivity index (χ3n) is 4.90. The maximum Gasteiger partial charge on any atom is 0.242 e. The van der Waals surface area contributed by atoms with E-state index in [2.05, 4.69) is 5.32 Å². The molecule has 0 aliphatic carbocycles. The highest BCUT2D eigenvalue weighted by Gasteiger charge is 2.29. The van der Waals surface area contributed by atoms with Crippen LogP contribution in [-0.2, 0) is 21.9 Å². The van der Waals surface area contributed by atoms with Crippen molar-refractivity contribution in [1.82, 2.24) is 10.2 Å². The van der Waals surface area contributed by atoms with E-state index >= 15 is 0 Å². The second-order valence-corrected chi connectivity index (χ2v) is 9.67. The number of nitrogens with zero attached hydrogens (tertiary/aromatic N) is 1. The van der Waals surface area contributed by atoms with Gasteiger partial charge in [0.2, 0.25) is 11.8 Å². The standard InChI is InChI=1S/C24H29Cl2FN2O2S/c1-4-22(24(31)28-12-16(2)3)29(13-18-19(25)9-7-10-20(18)26)23(30)15-32-14-17-8-5-6-11-21(17)27/h5-11,16,22H,4,12-15H2,1-3H3,(H,28,31). The summed E-state index contributed by atoms with van der Waals surface area (Å²) in [5, 5.41) is 3.79. The van der Waals surface area contributed by atoms with Gasteiger partial charge in [0.25, 0.3) is 0 Å². The Morgan fingerprint density at radius 3 is 2.34 bits per heavy atom. The number of hydrogen-bond acceptors (Lipinski definition) is 3. The maximum atomic E-state index is 13.9. The normalized spacial score (nSPS) is 12.0. The molecule has 2 amide bonds. The summed E-state index contributed by atoms with van der Waals surface area (Å²) < 4.78 is 13.9. The van der Waals surface area contributed by atoms with Gasteiger partial charge in [0.05, 0.1) is 5.75 Å². The highest BCUT2D eigenvalue weighted by atomic mass is 35.5. The Balaban J connectivity index is 2.20. The van der Waals surface area contributed by atoms with Crippen molar-refractivity contribution in [2.45, 2.75) is 45.5 Å². The first kappa shape index (κ1) is 26.5. The predicted octanol–water partition coefficient (Wildman–Crippen LogP) is 5.95. The lowest BCUT2D eigenvalue weighted by atomic mass is 10.1. The molecule has 0 aliphatic heterocycles. The molecule has 1 N–H and O–H groups in total. The summed E-state index contributed by atoms with van der Waals surface area (Å²) in [6, 6.07) is 11.0. The summed E-state index contributed by atoms with van der Waals surface area (Å²) in [6.45, 7) is 6.51. The molecule has 2 aromatic carbocycles. The second kappa shape index (κ2) is 13.1. The fourth-order valence-electron chi connectivity index (χ4n) is 3.14. The summed E-state index contributed by atoms with van der Waals surface area (Å²) in [5.41, 5.74) is 1.13. The van der Waals surface area contributed by atoms with E-state index in [1.807, 2.05) is 20.8 Å². The van der Waals surface area contributed by atoms with E-state index < -0.39 is 6.04 Å². The molecule has 8 heteroatoms. The van der Waals surface area contributed by atoms with E-state index in [1.165, 1.54) is 22.7 Å². The molecule has 1 atom stereocenters. The zero-order chi connectivity index (χ0) is 23.7. The summed E-state index contributed by atoms with van der Waals surface area (Å²) in [7, 11) is 0. The maximum absolute atomic E-state index is 13.9. The molecule has 2 aromatic rings. The van der Waals surface area contributed by atoms with Crippen molar-refractivity contribution < 1.29 is 14.0 Å². The molecule has 0 aliphatic rings. The number of carbonyl (C=O) groups is 2. The molecule has 0 fully saturated rings. The Bertz CT molecular complexity index is 906. The van der Waals surface area contributed by atoms with Crippen LogP contribution in [0.3, 0.4) is 0 Å². The fraction of sp³-hybridized carbons (Fsp3) is 0.417. The van der Waals surface area contributed by atoms with Crippen LogP contribution in [0.2, 0.25) is 10.0 Å². The molecule has 0 radical (unpaired) electrons. The van der Waals surface area contributed by atoms with Gasteiger partial charge in [-0.05, 0) is 36.1 Å². The number of hydrogen-bond donors (Lipinski definition) is 1. The third-order valence-corrected chi connectivity index (χ3v) is 6.58. The van der Waals surface area contributed by atoms with Crippen LogP contribution in [0.15, 0.2) is 42.5 Å². The molecule has 0 saturated heterocycles. The lowest BCUT2D eigenvalue weighted by Gasteiger charge is -2.31. The van der Waals surface area contributed by atoms with Crippen molar-refractivity contribution in [3.63, 3.8) is 0 Å². The van der Waals surface area contributed by atoms with Gasteiger partial charge >= 0.3 is 0 Å². The molecule has 2 rings (SSSR count). The smallest absolute Gasteiger partial charge is 0.242 e. The first-order valence-corrected chi connectivity index (χ1v) is 12.5. The van der Waals surface area contributed by atoms with Crippen LogP contribution in [0, 0.1) is 11.7 Å². The van der Waals surface area contributed by atoms with Crippen LogP contribution in [-0.4, -0.2) is 35.1 Å². The second-order valence-electron chi connectivity index (χ2n) is 7.87. The van der Waals surface area contributed by atoms with E-state index in [9.17, 15) is 14.0 Å². The zero-order valence-electron chi connectivity index (χ0n) is 18.5. The molecule has 32 heavy (non-hydrogen) atoms. The van der Waals surface area contributed by atoms with Gasteiger partial charge in [-0.2, -0.15) is 0 Å². The quantitative estimate of drug-likeness (QED) is 0.416. The summed E-state index contributed by atoms with van der Waals surface area (Å²) >= 11 is 14.0. The van der Waals surface area contributed by atoms with Crippen molar-refractivity contribution >= 4 is 46.8 Å². The molecule has 0 bridgehead atoms. The lowest BCUT2D eigenvalue weighted by Crippen LogP contribution is -2.50. The van der Waals surface area contributed by atoms with Crippen molar-refractivity contribution in [2.24, 2.45) is 5.92 Å². The molecule has 4 nitrogen and oxygen atoms in total. The van der Waals surface area contributed by atoms with Gasteiger partial charge in [0.1, 0.15) is 11.9 Å². The number of benzene rings is 2. The van der Waals surface area contributed by atoms with E-state index in [4.69, 9.17) is 23.2 Å². The van der Waals surface area contributed by atoms with Gasteiger partial charge in [-0.3, -0.25) is 9.59 Å². The van der Waals surface area contributed by atoms with Crippen molar-refractivity contribution in [3.05, 3.63) is 69.5 Å². The summed E-state index contributed by atoms with van der Waals surface area (Å²) in [5.74, 6) is 0.00657. The SMILES string of the molecule is CCC(C(=O)NCC(C)C)N(Cc1c(Cl)cccc1Cl)C(=O)CSCc1ccccc1F. The third kappa shape index (κ3) is 7.68. The van der Waals surface area contributed by atoms with Gasteiger partial charge < -0.3 is 10.2 Å². The van der Waals surface area contributed by atoms with E-state index in [0.29, 0.717) is 39.9 Å².